The fraction of sp³-hybridized carbons (Fsp3) is 0.500. The van der Waals surface area contributed by atoms with Gasteiger partial charge in [0.05, 0.1) is 24.1 Å². The molecule has 0 aromatic heterocycles. The van der Waals surface area contributed by atoms with Crippen molar-refractivity contribution in [3.8, 4) is 5.75 Å². The van der Waals surface area contributed by atoms with E-state index in [-0.39, 0.29) is 17.3 Å². The molecule has 0 spiro atoms. The van der Waals surface area contributed by atoms with Gasteiger partial charge in [-0.2, -0.15) is 4.31 Å². The smallest absolute Gasteiger partial charge is 0.243 e. The number of ether oxygens (including phenoxy) is 3. The van der Waals surface area contributed by atoms with Crippen LogP contribution in [-0.4, -0.2) is 84.8 Å². The first-order chi connectivity index (χ1) is 16.3. The van der Waals surface area contributed by atoms with Gasteiger partial charge in [-0.3, -0.25) is 4.90 Å². The first kappa shape index (κ1) is 24.9. The molecule has 2 aliphatic heterocycles. The molecule has 2 heterocycles. The van der Waals surface area contributed by atoms with E-state index < -0.39 is 15.8 Å². The molecule has 8 nitrogen and oxygen atoms in total. The maximum atomic E-state index is 13.4. The maximum Gasteiger partial charge on any atom is 0.243 e. The summed E-state index contributed by atoms with van der Waals surface area (Å²) in [7, 11) is 0.799. The maximum absolute atomic E-state index is 13.4. The summed E-state index contributed by atoms with van der Waals surface area (Å²) in [5, 5.41) is 0. The zero-order valence-corrected chi connectivity index (χ0v) is 20.7. The molecule has 0 bridgehead atoms. The molecule has 0 N–H and O–H groups in total. The number of fused-ring (bicyclic) bond motifs is 1. The molecule has 4 rings (SSSR count). The summed E-state index contributed by atoms with van der Waals surface area (Å²) in [4.78, 5) is 4.71. The molecule has 186 valence electrons. The van der Waals surface area contributed by atoms with Crippen LogP contribution < -0.4 is 9.64 Å². The minimum atomic E-state index is -3.72. The summed E-state index contributed by atoms with van der Waals surface area (Å²) < 4.78 is 58.3. The van der Waals surface area contributed by atoms with E-state index in [9.17, 15) is 12.8 Å². The van der Waals surface area contributed by atoms with E-state index in [1.807, 2.05) is 0 Å². The van der Waals surface area contributed by atoms with Gasteiger partial charge in [0.15, 0.2) is 0 Å². The fourth-order valence-corrected chi connectivity index (χ4v) is 6.53. The lowest BCUT2D eigenvalue weighted by Gasteiger charge is -2.42. The third kappa shape index (κ3) is 4.65. The summed E-state index contributed by atoms with van der Waals surface area (Å²) in [5.41, 5.74) is 1.42. The van der Waals surface area contributed by atoms with Crippen LogP contribution in [0, 0.1) is 5.82 Å². The van der Waals surface area contributed by atoms with E-state index in [0.29, 0.717) is 24.3 Å². The van der Waals surface area contributed by atoms with Crippen LogP contribution in [0.5, 0.6) is 5.75 Å². The monoisotopic (exact) mass is 493 g/mol. The highest BCUT2D eigenvalue weighted by Crippen LogP contribution is 2.44. The van der Waals surface area contributed by atoms with Gasteiger partial charge in [-0.05, 0) is 49.4 Å². The van der Waals surface area contributed by atoms with Crippen LogP contribution in [0.4, 0.5) is 10.1 Å². The first-order valence-corrected chi connectivity index (χ1v) is 12.8. The molecule has 0 aliphatic carbocycles. The average molecular weight is 494 g/mol. The van der Waals surface area contributed by atoms with Crippen molar-refractivity contribution in [1.29, 1.82) is 0 Å². The number of methoxy groups -OCH3 is 3. The summed E-state index contributed by atoms with van der Waals surface area (Å²) in [6, 6.07) is 11.5. The van der Waals surface area contributed by atoms with Gasteiger partial charge < -0.3 is 19.1 Å². The van der Waals surface area contributed by atoms with E-state index in [2.05, 4.69) is 9.80 Å². The standard InChI is InChI=1S/C24H32FN3O5S/c1-31-21-6-4-7-22-23(21)24(32-2,33-3)18-28(34(22,29)30)13-5-12-26-14-16-27(17-15-26)20-10-8-19(25)9-11-20/h4,6-11H,5,12-18H2,1-3H3. The molecule has 0 unspecified atom stereocenters. The second-order valence-corrected chi connectivity index (χ2v) is 10.4. The molecule has 2 aromatic rings. The van der Waals surface area contributed by atoms with Crippen LogP contribution in [0.15, 0.2) is 47.4 Å². The Morgan fingerprint density at radius 3 is 2.24 bits per heavy atom. The van der Waals surface area contributed by atoms with Gasteiger partial charge in [0.2, 0.25) is 15.8 Å². The topological polar surface area (TPSA) is 71.6 Å². The van der Waals surface area contributed by atoms with Crippen molar-refractivity contribution < 1.29 is 27.0 Å². The largest absolute Gasteiger partial charge is 0.496 e. The predicted octanol–water partition coefficient (Wildman–Crippen LogP) is 2.50. The Bertz CT molecular complexity index is 1080. The Morgan fingerprint density at radius 2 is 1.62 bits per heavy atom. The van der Waals surface area contributed by atoms with Crippen LogP contribution in [0.25, 0.3) is 0 Å². The van der Waals surface area contributed by atoms with Gasteiger partial charge >= 0.3 is 0 Å². The second-order valence-electron chi connectivity index (χ2n) is 8.49. The first-order valence-electron chi connectivity index (χ1n) is 11.4. The summed E-state index contributed by atoms with van der Waals surface area (Å²) in [5.74, 6) is -1.06. The molecule has 2 aromatic carbocycles. The Morgan fingerprint density at radius 1 is 0.941 bits per heavy atom. The molecule has 0 radical (unpaired) electrons. The zero-order chi connectivity index (χ0) is 24.3. The van der Waals surface area contributed by atoms with Crippen LogP contribution in [0.1, 0.15) is 12.0 Å². The number of piperazine rings is 1. The SMILES string of the molecule is COc1cccc2c1C(OC)(OC)CN(CCCN1CCN(c3ccc(F)cc3)CC1)S2(=O)=O. The van der Waals surface area contributed by atoms with E-state index in [1.165, 1.54) is 37.8 Å². The Kier molecular flexibility index (Phi) is 7.44. The molecule has 34 heavy (non-hydrogen) atoms. The van der Waals surface area contributed by atoms with E-state index in [1.54, 1.807) is 30.3 Å². The summed E-state index contributed by atoms with van der Waals surface area (Å²) in [6.45, 7) is 4.60. The molecule has 0 atom stereocenters. The third-order valence-corrected chi connectivity index (χ3v) is 8.58. The molecule has 10 heteroatoms. The Labute approximate surface area is 200 Å². The van der Waals surface area contributed by atoms with E-state index >= 15 is 0 Å². The van der Waals surface area contributed by atoms with Gasteiger partial charge in [-0.1, -0.05) is 6.07 Å². The molecule has 0 amide bonds. The van der Waals surface area contributed by atoms with Crippen LogP contribution >= 0.6 is 0 Å². The van der Waals surface area contributed by atoms with Gasteiger partial charge in [0.1, 0.15) is 11.6 Å². The van der Waals surface area contributed by atoms with Crippen molar-refractivity contribution in [2.45, 2.75) is 17.1 Å². The average Bonchev–Trinajstić information content (AvgIpc) is 2.86. The number of benzene rings is 2. The number of sulfonamides is 1. The molecule has 1 fully saturated rings. The number of nitrogens with zero attached hydrogens (tertiary/aromatic N) is 3. The van der Waals surface area contributed by atoms with Crippen molar-refractivity contribution in [3.05, 3.63) is 53.8 Å². The van der Waals surface area contributed by atoms with Crippen molar-refractivity contribution >= 4 is 15.7 Å². The summed E-state index contributed by atoms with van der Waals surface area (Å²) in [6.07, 6.45) is 0.679. The quantitative estimate of drug-likeness (QED) is 0.524. The fourth-order valence-electron chi connectivity index (χ4n) is 4.77. The molecule has 2 aliphatic rings. The predicted molar refractivity (Wildman–Crippen MR) is 127 cm³/mol. The lowest BCUT2D eigenvalue weighted by Crippen LogP contribution is -2.52. The minimum absolute atomic E-state index is 0.0497. The number of halogens is 1. The van der Waals surface area contributed by atoms with Crippen LogP contribution in [0.2, 0.25) is 0 Å². The molecular formula is C24H32FN3O5S. The summed E-state index contributed by atoms with van der Waals surface area (Å²) >= 11 is 0. The minimum Gasteiger partial charge on any atom is -0.496 e. The van der Waals surface area contributed by atoms with Crippen molar-refractivity contribution in [2.24, 2.45) is 0 Å². The number of hydrogen-bond acceptors (Lipinski definition) is 7. The highest BCUT2D eigenvalue weighted by atomic mass is 32.2. The number of rotatable bonds is 8. The van der Waals surface area contributed by atoms with Gasteiger partial charge in [-0.25, -0.2) is 12.8 Å². The molecule has 1 saturated heterocycles. The highest BCUT2D eigenvalue weighted by molar-refractivity contribution is 7.89. The van der Waals surface area contributed by atoms with Crippen molar-refractivity contribution in [3.63, 3.8) is 0 Å². The normalized spacial score (nSPS) is 20.2. The van der Waals surface area contributed by atoms with E-state index in [4.69, 9.17) is 14.2 Å². The lowest BCUT2D eigenvalue weighted by atomic mass is 10.0. The highest BCUT2D eigenvalue weighted by Gasteiger charge is 2.49. The van der Waals surface area contributed by atoms with Crippen LogP contribution in [-0.2, 0) is 25.3 Å². The van der Waals surface area contributed by atoms with Crippen molar-refractivity contribution in [1.82, 2.24) is 9.21 Å². The number of hydrogen-bond donors (Lipinski definition) is 0. The second kappa shape index (κ2) is 10.2. The van der Waals surface area contributed by atoms with Crippen molar-refractivity contribution in [2.75, 3.05) is 72.0 Å². The van der Waals surface area contributed by atoms with Gasteiger partial charge in [0, 0.05) is 52.6 Å². The zero-order valence-electron chi connectivity index (χ0n) is 19.9. The lowest BCUT2D eigenvalue weighted by molar-refractivity contribution is -0.224. The van der Waals surface area contributed by atoms with Gasteiger partial charge in [0.25, 0.3) is 0 Å². The Hall–Kier alpha value is -2.24. The molecular weight excluding hydrogens is 461 g/mol. The van der Waals surface area contributed by atoms with Gasteiger partial charge in [-0.15, -0.1) is 0 Å². The third-order valence-electron chi connectivity index (χ3n) is 6.70. The van der Waals surface area contributed by atoms with Crippen LogP contribution in [0.3, 0.4) is 0 Å². The number of anilines is 1. The Balaban J connectivity index is 1.40. The van der Waals surface area contributed by atoms with E-state index in [0.717, 1.165) is 38.4 Å². The molecule has 0 saturated carbocycles.